The van der Waals surface area contributed by atoms with Crippen molar-refractivity contribution in [3.63, 3.8) is 0 Å². The van der Waals surface area contributed by atoms with Crippen LogP contribution in [0.3, 0.4) is 0 Å². The summed E-state index contributed by atoms with van der Waals surface area (Å²) in [4.78, 5) is 30.4. The molecule has 0 saturated heterocycles. The molecule has 0 aliphatic rings. The van der Waals surface area contributed by atoms with E-state index < -0.39 is 5.56 Å². The Morgan fingerprint density at radius 2 is 1.91 bits per heavy atom. The molecule has 0 bridgehead atoms. The Balaban J connectivity index is 1.90. The zero-order valence-electron chi connectivity index (χ0n) is 18.4. The van der Waals surface area contributed by atoms with Crippen molar-refractivity contribution in [2.45, 2.75) is 33.0 Å². The third-order valence-electron chi connectivity index (χ3n) is 4.76. The van der Waals surface area contributed by atoms with Crippen molar-refractivity contribution in [3.05, 3.63) is 74.6 Å². The predicted molar refractivity (Wildman–Crippen MR) is 134 cm³/mol. The highest BCUT2D eigenvalue weighted by Gasteiger charge is 2.19. The molecule has 9 nitrogen and oxygen atoms in total. The lowest BCUT2D eigenvalue weighted by Crippen LogP contribution is -2.35. The second-order valence-corrected chi connectivity index (χ2v) is 8.55. The first-order valence-corrected chi connectivity index (χ1v) is 11.1. The lowest BCUT2D eigenvalue weighted by molar-refractivity contribution is -0.121. The molecule has 3 aromatic rings. The van der Waals surface area contributed by atoms with E-state index in [9.17, 15) is 9.59 Å². The number of nitrogens with two attached hydrogens (primary N) is 2. The first-order chi connectivity index (χ1) is 15.7. The molecule has 2 aromatic carbocycles. The van der Waals surface area contributed by atoms with E-state index in [1.54, 1.807) is 48.5 Å². The van der Waals surface area contributed by atoms with E-state index in [0.29, 0.717) is 27.1 Å². The van der Waals surface area contributed by atoms with Crippen LogP contribution in [-0.4, -0.2) is 27.3 Å². The molecule has 0 fully saturated rings. The molecule has 10 heteroatoms. The van der Waals surface area contributed by atoms with Crippen LogP contribution in [0.4, 0.5) is 11.5 Å². The van der Waals surface area contributed by atoms with E-state index in [1.807, 2.05) is 13.8 Å². The average Bonchev–Trinajstić information content (AvgIpc) is 2.75. The maximum atomic E-state index is 13.2. The van der Waals surface area contributed by atoms with Crippen LogP contribution in [0.2, 0.25) is 0 Å². The summed E-state index contributed by atoms with van der Waals surface area (Å²) in [5.41, 5.74) is 14.1. The van der Waals surface area contributed by atoms with E-state index in [1.165, 1.54) is 4.57 Å². The van der Waals surface area contributed by atoms with Gasteiger partial charge in [0, 0.05) is 29.4 Å². The number of anilines is 2. The third kappa shape index (κ3) is 5.98. The van der Waals surface area contributed by atoms with Gasteiger partial charge in [-0.15, -0.1) is 0 Å². The SMILES string of the molecule is CC(C)Nc1nc(Br)c(-c2cccc(N)c2)n(CC(=O)NCc2ccc(C(=N)N)cc2)c1=O. The fourth-order valence-corrected chi connectivity index (χ4v) is 3.84. The van der Waals surface area contributed by atoms with Crippen molar-refractivity contribution in [2.75, 3.05) is 11.1 Å². The Bertz CT molecular complexity index is 1240. The van der Waals surface area contributed by atoms with Crippen LogP contribution in [0.5, 0.6) is 0 Å². The van der Waals surface area contributed by atoms with E-state index in [2.05, 4.69) is 31.5 Å². The summed E-state index contributed by atoms with van der Waals surface area (Å²) in [6.07, 6.45) is 0. The van der Waals surface area contributed by atoms with Crippen molar-refractivity contribution < 1.29 is 4.79 Å². The minimum absolute atomic E-state index is 0.0180. The zero-order valence-corrected chi connectivity index (χ0v) is 19.9. The molecule has 0 saturated carbocycles. The van der Waals surface area contributed by atoms with Gasteiger partial charge in [0.15, 0.2) is 5.82 Å². The molecule has 0 unspecified atom stereocenters. The van der Waals surface area contributed by atoms with Gasteiger partial charge in [0.2, 0.25) is 5.91 Å². The molecule has 1 aromatic heterocycles. The highest BCUT2D eigenvalue weighted by atomic mass is 79.9. The molecule has 0 atom stereocenters. The average molecular weight is 512 g/mol. The largest absolute Gasteiger partial charge is 0.399 e. The highest BCUT2D eigenvalue weighted by molar-refractivity contribution is 9.10. The number of nitrogens with zero attached hydrogens (tertiary/aromatic N) is 2. The fraction of sp³-hybridized carbons (Fsp3) is 0.217. The number of nitrogen functional groups attached to an aromatic ring is 2. The first kappa shape index (κ1) is 24.0. The summed E-state index contributed by atoms with van der Waals surface area (Å²) in [6, 6.07) is 14.0. The molecular weight excluding hydrogens is 486 g/mol. The van der Waals surface area contributed by atoms with Gasteiger partial charge in [-0.2, -0.15) is 0 Å². The monoisotopic (exact) mass is 511 g/mol. The Morgan fingerprint density at radius 3 is 2.52 bits per heavy atom. The molecule has 0 aliphatic carbocycles. The quantitative estimate of drug-likeness (QED) is 0.178. The number of hydrogen-bond donors (Lipinski definition) is 5. The van der Waals surface area contributed by atoms with Crippen molar-refractivity contribution in [2.24, 2.45) is 5.73 Å². The molecule has 1 amide bonds. The number of amidine groups is 1. The summed E-state index contributed by atoms with van der Waals surface area (Å²) < 4.78 is 1.80. The predicted octanol–water partition coefficient (Wildman–Crippen LogP) is 2.68. The van der Waals surface area contributed by atoms with Crippen LogP contribution in [0.1, 0.15) is 25.0 Å². The molecule has 3 rings (SSSR count). The van der Waals surface area contributed by atoms with Crippen LogP contribution in [0, 0.1) is 5.41 Å². The summed E-state index contributed by atoms with van der Waals surface area (Å²) in [7, 11) is 0. The van der Waals surface area contributed by atoms with Crippen molar-refractivity contribution in [1.29, 1.82) is 5.41 Å². The van der Waals surface area contributed by atoms with E-state index in [0.717, 1.165) is 5.56 Å². The molecule has 0 aliphatic heterocycles. The normalized spacial score (nSPS) is 10.8. The van der Waals surface area contributed by atoms with Crippen molar-refractivity contribution >= 4 is 39.2 Å². The minimum atomic E-state index is -0.412. The summed E-state index contributed by atoms with van der Waals surface area (Å²) >= 11 is 3.46. The molecular formula is C23H26BrN7O2. The lowest BCUT2D eigenvalue weighted by Gasteiger charge is -2.18. The van der Waals surface area contributed by atoms with E-state index >= 15 is 0 Å². The summed E-state index contributed by atoms with van der Waals surface area (Å²) in [5, 5.41) is 13.3. The van der Waals surface area contributed by atoms with Gasteiger partial charge < -0.3 is 22.1 Å². The van der Waals surface area contributed by atoms with Gasteiger partial charge >= 0.3 is 0 Å². The Hall–Kier alpha value is -3.66. The number of halogens is 1. The van der Waals surface area contributed by atoms with Gasteiger partial charge in [-0.05, 0) is 47.5 Å². The van der Waals surface area contributed by atoms with Crippen LogP contribution >= 0.6 is 15.9 Å². The maximum Gasteiger partial charge on any atom is 0.294 e. The molecule has 0 radical (unpaired) electrons. The third-order valence-corrected chi connectivity index (χ3v) is 5.32. The van der Waals surface area contributed by atoms with Gasteiger partial charge in [-0.25, -0.2) is 4.98 Å². The lowest BCUT2D eigenvalue weighted by atomic mass is 10.1. The second-order valence-electron chi connectivity index (χ2n) is 7.80. The minimum Gasteiger partial charge on any atom is -0.399 e. The van der Waals surface area contributed by atoms with E-state index in [4.69, 9.17) is 16.9 Å². The number of carbonyl (C=O) groups is 1. The number of benzene rings is 2. The zero-order chi connectivity index (χ0) is 24.1. The number of carbonyl (C=O) groups excluding carboxylic acids is 1. The van der Waals surface area contributed by atoms with Crippen LogP contribution in [0.25, 0.3) is 11.3 Å². The molecule has 1 heterocycles. The number of nitrogens with one attached hydrogen (secondary N) is 3. The van der Waals surface area contributed by atoms with Crippen molar-refractivity contribution in [1.82, 2.24) is 14.9 Å². The molecule has 0 spiro atoms. The van der Waals surface area contributed by atoms with Crippen LogP contribution < -0.4 is 27.7 Å². The van der Waals surface area contributed by atoms with Gasteiger partial charge in [0.25, 0.3) is 5.56 Å². The van der Waals surface area contributed by atoms with Gasteiger partial charge in [-0.1, -0.05) is 36.4 Å². The molecule has 7 N–H and O–H groups in total. The van der Waals surface area contributed by atoms with Gasteiger partial charge in [0.05, 0.1) is 5.69 Å². The van der Waals surface area contributed by atoms with Crippen LogP contribution in [0.15, 0.2) is 57.9 Å². The number of hydrogen-bond acceptors (Lipinski definition) is 6. The number of amides is 1. The topological polar surface area (TPSA) is 152 Å². The van der Waals surface area contributed by atoms with E-state index in [-0.39, 0.29) is 36.7 Å². The molecule has 33 heavy (non-hydrogen) atoms. The maximum absolute atomic E-state index is 13.2. The van der Waals surface area contributed by atoms with Gasteiger partial charge in [-0.3, -0.25) is 19.6 Å². The fourth-order valence-electron chi connectivity index (χ4n) is 3.22. The highest BCUT2D eigenvalue weighted by Crippen LogP contribution is 2.28. The first-order valence-electron chi connectivity index (χ1n) is 10.3. The second kappa shape index (κ2) is 10.3. The number of aromatic nitrogens is 2. The smallest absolute Gasteiger partial charge is 0.294 e. The van der Waals surface area contributed by atoms with Gasteiger partial charge in [0.1, 0.15) is 17.0 Å². The Labute approximate surface area is 199 Å². The number of rotatable bonds is 8. The summed E-state index contributed by atoms with van der Waals surface area (Å²) in [6.45, 7) is 3.86. The molecule has 172 valence electrons. The standard InChI is InChI=1S/C23H26BrN7O2/c1-13(2)29-22-23(33)31(19(20(24)30-22)16-4-3-5-17(25)10-16)12-18(32)28-11-14-6-8-15(9-7-14)21(26)27/h3-10,13H,11-12,25H2,1-2H3,(H3,26,27)(H,28,32)(H,29,30). The summed E-state index contributed by atoms with van der Waals surface area (Å²) in [5.74, 6) is -0.211. The van der Waals surface area contributed by atoms with Crippen LogP contribution in [-0.2, 0) is 17.9 Å². The Morgan fingerprint density at radius 1 is 1.21 bits per heavy atom. The van der Waals surface area contributed by atoms with Crippen molar-refractivity contribution in [3.8, 4) is 11.3 Å². The Kier molecular flexibility index (Phi) is 7.49.